The summed E-state index contributed by atoms with van der Waals surface area (Å²) in [6, 6.07) is 0. The standard InChI is InChI=1S/C8H17NOS/c1-8(2)6(3-4-11-8)7(10)5-9/h6-7,10H,3-5,9H2,1-2H3/t6?,7-/m0/s1. The van der Waals surface area contributed by atoms with E-state index in [-0.39, 0.29) is 10.9 Å². The molecule has 1 saturated heterocycles. The van der Waals surface area contributed by atoms with E-state index in [2.05, 4.69) is 13.8 Å². The van der Waals surface area contributed by atoms with Gasteiger partial charge in [0.1, 0.15) is 0 Å². The van der Waals surface area contributed by atoms with E-state index in [1.165, 1.54) is 0 Å². The number of rotatable bonds is 2. The molecule has 0 bridgehead atoms. The first kappa shape index (κ1) is 9.36. The minimum atomic E-state index is -0.306. The molecule has 3 heteroatoms. The minimum Gasteiger partial charge on any atom is -0.391 e. The molecule has 1 fully saturated rings. The first-order valence-corrected chi connectivity index (χ1v) is 5.08. The van der Waals surface area contributed by atoms with E-state index in [1.807, 2.05) is 11.8 Å². The quantitative estimate of drug-likeness (QED) is 0.653. The highest BCUT2D eigenvalue weighted by Crippen LogP contribution is 2.43. The maximum atomic E-state index is 9.55. The average Bonchev–Trinajstić information content (AvgIpc) is 2.28. The Labute approximate surface area is 72.5 Å². The Hall–Kier alpha value is 0.270. The van der Waals surface area contributed by atoms with E-state index >= 15 is 0 Å². The summed E-state index contributed by atoms with van der Waals surface area (Å²) in [7, 11) is 0. The minimum absolute atomic E-state index is 0.221. The molecule has 1 aliphatic rings. The predicted molar refractivity (Wildman–Crippen MR) is 49.7 cm³/mol. The lowest BCUT2D eigenvalue weighted by Gasteiger charge is -2.29. The Morgan fingerprint density at radius 3 is 2.73 bits per heavy atom. The van der Waals surface area contributed by atoms with Gasteiger partial charge in [-0.3, -0.25) is 0 Å². The topological polar surface area (TPSA) is 46.2 Å². The van der Waals surface area contributed by atoms with E-state index in [0.717, 1.165) is 12.2 Å². The van der Waals surface area contributed by atoms with E-state index in [1.54, 1.807) is 0 Å². The van der Waals surface area contributed by atoms with Crippen LogP contribution < -0.4 is 5.73 Å². The van der Waals surface area contributed by atoms with E-state index in [0.29, 0.717) is 12.5 Å². The first-order chi connectivity index (χ1) is 5.08. The zero-order chi connectivity index (χ0) is 8.48. The SMILES string of the molecule is CC1(C)SCCC1[C@@H](O)CN. The molecular weight excluding hydrogens is 158 g/mol. The maximum Gasteiger partial charge on any atom is 0.0703 e. The van der Waals surface area contributed by atoms with Crippen molar-refractivity contribution in [1.29, 1.82) is 0 Å². The van der Waals surface area contributed by atoms with Crippen molar-refractivity contribution >= 4 is 11.8 Å². The third-order valence-corrected chi connectivity index (χ3v) is 3.99. The van der Waals surface area contributed by atoms with Crippen LogP contribution in [0.5, 0.6) is 0 Å². The monoisotopic (exact) mass is 175 g/mol. The van der Waals surface area contributed by atoms with Crippen LogP contribution in [0.3, 0.4) is 0 Å². The molecule has 1 heterocycles. The van der Waals surface area contributed by atoms with Gasteiger partial charge in [-0.1, -0.05) is 13.8 Å². The molecule has 0 spiro atoms. The van der Waals surface area contributed by atoms with Gasteiger partial charge >= 0.3 is 0 Å². The summed E-state index contributed by atoms with van der Waals surface area (Å²) in [6.45, 7) is 4.77. The van der Waals surface area contributed by atoms with Gasteiger partial charge < -0.3 is 10.8 Å². The highest BCUT2D eigenvalue weighted by atomic mass is 32.2. The summed E-state index contributed by atoms with van der Waals surface area (Å²) in [5.74, 6) is 1.55. The molecule has 1 rings (SSSR count). The number of aliphatic hydroxyl groups excluding tert-OH is 1. The second-order valence-corrected chi connectivity index (χ2v) is 5.40. The smallest absolute Gasteiger partial charge is 0.0703 e. The number of thioether (sulfide) groups is 1. The average molecular weight is 175 g/mol. The zero-order valence-corrected chi connectivity index (χ0v) is 8.03. The van der Waals surface area contributed by atoms with Crippen molar-refractivity contribution < 1.29 is 5.11 Å². The summed E-state index contributed by atoms with van der Waals surface area (Å²) in [5, 5.41) is 9.55. The van der Waals surface area contributed by atoms with Gasteiger partial charge in [0.25, 0.3) is 0 Å². The highest BCUT2D eigenvalue weighted by molar-refractivity contribution is 8.00. The number of aliphatic hydroxyl groups is 1. The van der Waals surface area contributed by atoms with E-state index in [9.17, 15) is 5.11 Å². The van der Waals surface area contributed by atoms with E-state index in [4.69, 9.17) is 5.73 Å². The van der Waals surface area contributed by atoms with Gasteiger partial charge in [-0.15, -0.1) is 0 Å². The molecule has 0 aliphatic carbocycles. The summed E-state index contributed by atoms with van der Waals surface area (Å²) < 4.78 is 0.221. The second kappa shape index (κ2) is 3.33. The highest BCUT2D eigenvalue weighted by Gasteiger charge is 2.38. The largest absolute Gasteiger partial charge is 0.391 e. The van der Waals surface area contributed by atoms with Crippen molar-refractivity contribution in [3.63, 3.8) is 0 Å². The fourth-order valence-electron chi connectivity index (χ4n) is 1.72. The Balaban J connectivity index is 2.57. The van der Waals surface area contributed by atoms with Gasteiger partial charge in [-0.25, -0.2) is 0 Å². The molecule has 0 amide bonds. The van der Waals surface area contributed by atoms with Gasteiger partial charge in [0.05, 0.1) is 6.10 Å². The van der Waals surface area contributed by atoms with Crippen LogP contribution in [0.25, 0.3) is 0 Å². The molecule has 11 heavy (non-hydrogen) atoms. The van der Waals surface area contributed by atoms with Crippen molar-refractivity contribution in [3.8, 4) is 0 Å². The zero-order valence-electron chi connectivity index (χ0n) is 7.21. The van der Waals surface area contributed by atoms with Crippen molar-refractivity contribution in [2.45, 2.75) is 31.1 Å². The Morgan fingerprint density at radius 2 is 2.36 bits per heavy atom. The number of nitrogens with two attached hydrogens (primary N) is 1. The number of hydrogen-bond acceptors (Lipinski definition) is 3. The summed E-state index contributed by atoms with van der Waals surface area (Å²) in [5.41, 5.74) is 5.41. The van der Waals surface area contributed by atoms with Crippen LogP contribution in [-0.2, 0) is 0 Å². The molecule has 2 atom stereocenters. The predicted octanol–water partition coefficient (Wildman–Crippen LogP) is 0.838. The van der Waals surface area contributed by atoms with Crippen LogP contribution in [0.4, 0.5) is 0 Å². The van der Waals surface area contributed by atoms with Crippen LogP contribution in [0.15, 0.2) is 0 Å². The molecule has 3 N–H and O–H groups in total. The van der Waals surface area contributed by atoms with Crippen LogP contribution in [-0.4, -0.2) is 28.3 Å². The Morgan fingerprint density at radius 1 is 1.73 bits per heavy atom. The molecule has 66 valence electrons. The lowest BCUT2D eigenvalue weighted by Crippen LogP contribution is -2.37. The van der Waals surface area contributed by atoms with Gasteiger partial charge in [0.15, 0.2) is 0 Å². The molecule has 0 aromatic rings. The summed E-state index contributed by atoms with van der Waals surface area (Å²) >= 11 is 1.94. The third kappa shape index (κ3) is 1.89. The van der Waals surface area contributed by atoms with Crippen LogP contribution >= 0.6 is 11.8 Å². The molecule has 0 aromatic heterocycles. The van der Waals surface area contributed by atoms with Crippen molar-refractivity contribution in [1.82, 2.24) is 0 Å². The van der Waals surface area contributed by atoms with E-state index < -0.39 is 0 Å². The van der Waals surface area contributed by atoms with Crippen LogP contribution in [0.2, 0.25) is 0 Å². The normalized spacial score (nSPS) is 32.2. The molecule has 1 unspecified atom stereocenters. The van der Waals surface area contributed by atoms with Crippen LogP contribution in [0.1, 0.15) is 20.3 Å². The molecule has 1 aliphatic heterocycles. The van der Waals surface area contributed by atoms with Crippen molar-refractivity contribution in [2.24, 2.45) is 11.7 Å². The van der Waals surface area contributed by atoms with Gasteiger partial charge in [-0.2, -0.15) is 11.8 Å². The maximum absolute atomic E-state index is 9.55. The Bertz CT molecular complexity index is 138. The Kier molecular flexibility index (Phi) is 2.84. The molecule has 0 radical (unpaired) electrons. The van der Waals surface area contributed by atoms with Crippen LogP contribution in [0, 0.1) is 5.92 Å². The van der Waals surface area contributed by atoms with Gasteiger partial charge in [0.2, 0.25) is 0 Å². The first-order valence-electron chi connectivity index (χ1n) is 4.10. The van der Waals surface area contributed by atoms with Crippen molar-refractivity contribution in [3.05, 3.63) is 0 Å². The molecular formula is C8H17NOS. The fourth-order valence-corrected chi connectivity index (χ4v) is 3.11. The fraction of sp³-hybridized carbons (Fsp3) is 1.00. The number of hydrogen-bond donors (Lipinski definition) is 2. The third-order valence-electron chi connectivity index (χ3n) is 2.50. The summed E-state index contributed by atoms with van der Waals surface area (Å²) in [4.78, 5) is 0. The second-order valence-electron chi connectivity index (χ2n) is 3.65. The van der Waals surface area contributed by atoms with Gasteiger partial charge in [-0.05, 0) is 12.2 Å². The molecule has 0 saturated carbocycles. The van der Waals surface area contributed by atoms with Crippen molar-refractivity contribution in [2.75, 3.05) is 12.3 Å². The summed E-state index contributed by atoms with van der Waals surface area (Å²) in [6.07, 6.45) is 0.802. The van der Waals surface area contributed by atoms with Gasteiger partial charge in [0, 0.05) is 17.2 Å². The lowest BCUT2D eigenvalue weighted by molar-refractivity contribution is 0.101. The molecule has 2 nitrogen and oxygen atoms in total. The molecule has 0 aromatic carbocycles. The lowest BCUT2D eigenvalue weighted by atomic mass is 9.87.